The van der Waals surface area contributed by atoms with E-state index in [9.17, 15) is 15.3 Å². The van der Waals surface area contributed by atoms with Crippen LogP contribution in [0.4, 0.5) is 0 Å². The highest BCUT2D eigenvalue weighted by atomic mass is 16.7. The molecule has 8 nitrogen and oxygen atoms in total. The Labute approximate surface area is 205 Å². The number of ether oxygens (including phenoxy) is 4. The van der Waals surface area contributed by atoms with Crippen LogP contribution in [-0.2, 0) is 18.9 Å². The summed E-state index contributed by atoms with van der Waals surface area (Å²) in [6.45, 7) is 10.6. The van der Waals surface area contributed by atoms with Gasteiger partial charge in [-0.1, -0.05) is 27.7 Å². The Morgan fingerprint density at radius 2 is 1.68 bits per heavy atom. The van der Waals surface area contributed by atoms with Gasteiger partial charge in [-0.25, -0.2) is 0 Å². The summed E-state index contributed by atoms with van der Waals surface area (Å²) >= 11 is 0. The lowest BCUT2D eigenvalue weighted by Crippen LogP contribution is -2.60. The van der Waals surface area contributed by atoms with Crippen molar-refractivity contribution in [1.82, 2.24) is 0 Å². The van der Waals surface area contributed by atoms with Crippen molar-refractivity contribution < 1.29 is 34.3 Å². The van der Waals surface area contributed by atoms with E-state index in [0.717, 1.165) is 38.5 Å². The predicted molar refractivity (Wildman–Crippen MR) is 129 cm³/mol. The molecule has 3 aliphatic rings. The Bertz CT molecular complexity index is 620. The van der Waals surface area contributed by atoms with Crippen LogP contribution in [0, 0.1) is 23.7 Å². The van der Waals surface area contributed by atoms with Gasteiger partial charge < -0.3 is 40.0 Å². The van der Waals surface area contributed by atoms with E-state index in [4.69, 9.17) is 24.7 Å². The van der Waals surface area contributed by atoms with Crippen molar-refractivity contribution in [2.24, 2.45) is 29.4 Å². The second kappa shape index (κ2) is 12.3. The summed E-state index contributed by atoms with van der Waals surface area (Å²) < 4.78 is 24.8. The van der Waals surface area contributed by atoms with E-state index in [1.54, 1.807) is 6.92 Å². The quantitative estimate of drug-likeness (QED) is 0.391. The molecule has 3 rings (SSSR count). The molecule has 8 heteroatoms. The zero-order valence-corrected chi connectivity index (χ0v) is 21.8. The zero-order valence-electron chi connectivity index (χ0n) is 21.8. The van der Waals surface area contributed by atoms with Crippen molar-refractivity contribution in [2.45, 2.75) is 128 Å². The summed E-state index contributed by atoms with van der Waals surface area (Å²) in [4.78, 5) is 0. The summed E-state index contributed by atoms with van der Waals surface area (Å²) in [6, 6.07) is 0. The highest BCUT2D eigenvalue weighted by Crippen LogP contribution is 2.41. The number of rotatable bonds is 9. The lowest BCUT2D eigenvalue weighted by Gasteiger charge is -2.49. The van der Waals surface area contributed by atoms with Gasteiger partial charge >= 0.3 is 0 Å². The first kappa shape index (κ1) is 28.3. The van der Waals surface area contributed by atoms with Gasteiger partial charge in [-0.3, -0.25) is 0 Å². The molecular formula is C26H49NO7. The Morgan fingerprint density at radius 3 is 2.32 bits per heavy atom. The van der Waals surface area contributed by atoms with Crippen LogP contribution in [0.1, 0.15) is 79.6 Å². The van der Waals surface area contributed by atoms with Crippen molar-refractivity contribution >= 4 is 0 Å². The molecule has 12 atom stereocenters. The summed E-state index contributed by atoms with van der Waals surface area (Å²) in [6.07, 6.45) is 2.23. The van der Waals surface area contributed by atoms with Gasteiger partial charge in [-0.15, -0.1) is 0 Å². The summed E-state index contributed by atoms with van der Waals surface area (Å²) in [7, 11) is 0. The molecule has 2 heterocycles. The van der Waals surface area contributed by atoms with Gasteiger partial charge in [-0.2, -0.15) is 0 Å². The van der Waals surface area contributed by atoms with Crippen molar-refractivity contribution in [1.29, 1.82) is 0 Å². The molecule has 5 N–H and O–H groups in total. The molecule has 0 bridgehead atoms. The standard InChI is InChI=1S/C26H49NO7/c1-6-18-11-10-15(3)24(32-18)34-23-17(9-8-12-27)13-16(4)22(21(23)29)33-25-20(28)19(7-2)26(5,30)14-31-25/h15-25,28-30H,6-14,27H2,1-5H3/t15-,16-,17+,18-,19-,20-,21-,22?,23?,24?,25?,26+/m1/s1. The Balaban J connectivity index is 1.75. The molecule has 2 aliphatic heterocycles. The SMILES string of the molecule is CC[C@@H]1CC[C@@H](C)C(OC2[C@@H](CCCN)C[C@@H](C)C(OC3OC[C@](C)(O)[C@H](CC)[C@H]3O)[C@H]2O)O1. The van der Waals surface area contributed by atoms with Gasteiger partial charge in [0.1, 0.15) is 12.2 Å². The highest BCUT2D eigenvalue weighted by Gasteiger charge is 2.50. The zero-order chi connectivity index (χ0) is 25.0. The minimum absolute atomic E-state index is 0.0454. The summed E-state index contributed by atoms with van der Waals surface area (Å²) in [5.41, 5.74) is 4.68. The molecule has 4 unspecified atom stereocenters. The molecular weight excluding hydrogens is 438 g/mol. The minimum Gasteiger partial charge on any atom is -0.388 e. The molecule has 3 fully saturated rings. The second-order valence-electron chi connectivity index (χ2n) is 11.2. The number of aliphatic hydroxyl groups is 3. The fourth-order valence-electron chi connectivity index (χ4n) is 6.18. The fourth-order valence-corrected chi connectivity index (χ4v) is 6.18. The van der Waals surface area contributed by atoms with E-state index in [-0.39, 0.29) is 42.7 Å². The molecule has 34 heavy (non-hydrogen) atoms. The summed E-state index contributed by atoms with van der Waals surface area (Å²) in [5, 5.41) is 33.0. The van der Waals surface area contributed by atoms with Gasteiger partial charge in [0.2, 0.25) is 0 Å². The van der Waals surface area contributed by atoms with E-state index < -0.39 is 36.3 Å². The van der Waals surface area contributed by atoms with Gasteiger partial charge in [-0.05, 0) is 70.3 Å². The molecule has 0 aromatic carbocycles. The molecule has 0 aromatic heterocycles. The Hall–Kier alpha value is -0.320. The van der Waals surface area contributed by atoms with Crippen LogP contribution in [0.15, 0.2) is 0 Å². The number of nitrogens with two attached hydrogens (primary N) is 1. The first-order chi connectivity index (χ1) is 16.1. The van der Waals surface area contributed by atoms with E-state index >= 15 is 0 Å². The number of hydrogen-bond donors (Lipinski definition) is 4. The lowest BCUT2D eigenvalue weighted by molar-refractivity contribution is -0.324. The normalized spacial score (nSPS) is 48.1. The molecule has 0 aromatic rings. The van der Waals surface area contributed by atoms with Crippen molar-refractivity contribution in [3.63, 3.8) is 0 Å². The second-order valence-corrected chi connectivity index (χ2v) is 11.2. The molecule has 0 radical (unpaired) electrons. The number of aliphatic hydroxyl groups excluding tert-OH is 2. The van der Waals surface area contributed by atoms with Gasteiger partial charge in [0.25, 0.3) is 0 Å². The molecule has 2 saturated heterocycles. The average Bonchev–Trinajstić information content (AvgIpc) is 2.79. The van der Waals surface area contributed by atoms with Gasteiger partial charge in [0.15, 0.2) is 12.6 Å². The minimum atomic E-state index is -1.12. The van der Waals surface area contributed by atoms with Crippen molar-refractivity contribution in [3.8, 4) is 0 Å². The molecule has 200 valence electrons. The fraction of sp³-hybridized carbons (Fsp3) is 1.00. The van der Waals surface area contributed by atoms with E-state index in [1.807, 2.05) is 6.92 Å². The van der Waals surface area contributed by atoms with E-state index in [2.05, 4.69) is 20.8 Å². The van der Waals surface area contributed by atoms with Crippen LogP contribution >= 0.6 is 0 Å². The van der Waals surface area contributed by atoms with Crippen LogP contribution in [0.5, 0.6) is 0 Å². The third kappa shape index (κ3) is 6.32. The Kier molecular flexibility index (Phi) is 10.2. The van der Waals surface area contributed by atoms with Crippen molar-refractivity contribution in [3.05, 3.63) is 0 Å². The Morgan fingerprint density at radius 1 is 0.971 bits per heavy atom. The highest BCUT2D eigenvalue weighted by molar-refractivity contribution is 4.96. The third-order valence-electron chi connectivity index (χ3n) is 8.39. The van der Waals surface area contributed by atoms with Crippen LogP contribution < -0.4 is 5.73 Å². The average molecular weight is 488 g/mol. The topological polar surface area (TPSA) is 124 Å². The van der Waals surface area contributed by atoms with Crippen LogP contribution in [0.3, 0.4) is 0 Å². The van der Waals surface area contributed by atoms with Crippen LogP contribution in [-0.4, -0.2) is 77.2 Å². The van der Waals surface area contributed by atoms with Crippen LogP contribution in [0.25, 0.3) is 0 Å². The van der Waals surface area contributed by atoms with Gasteiger partial charge in [0, 0.05) is 11.8 Å². The maximum atomic E-state index is 11.5. The maximum Gasteiger partial charge on any atom is 0.184 e. The largest absolute Gasteiger partial charge is 0.388 e. The third-order valence-corrected chi connectivity index (χ3v) is 8.39. The molecule has 0 amide bonds. The van der Waals surface area contributed by atoms with E-state index in [0.29, 0.717) is 13.0 Å². The maximum absolute atomic E-state index is 11.5. The lowest BCUT2D eigenvalue weighted by atomic mass is 9.74. The predicted octanol–water partition coefficient (Wildman–Crippen LogP) is 2.56. The smallest absolute Gasteiger partial charge is 0.184 e. The van der Waals surface area contributed by atoms with Gasteiger partial charge in [0.05, 0.1) is 30.5 Å². The van der Waals surface area contributed by atoms with Crippen molar-refractivity contribution in [2.75, 3.05) is 13.2 Å². The molecule has 1 saturated carbocycles. The monoisotopic (exact) mass is 487 g/mol. The van der Waals surface area contributed by atoms with Crippen LogP contribution in [0.2, 0.25) is 0 Å². The molecule has 0 spiro atoms. The first-order valence-corrected chi connectivity index (χ1v) is 13.5. The van der Waals surface area contributed by atoms with E-state index in [1.165, 1.54) is 0 Å². The summed E-state index contributed by atoms with van der Waals surface area (Å²) in [5.74, 6) is 0.0746. The molecule has 1 aliphatic carbocycles. The number of hydrogen-bond acceptors (Lipinski definition) is 8. The first-order valence-electron chi connectivity index (χ1n) is 13.5.